The van der Waals surface area contributed by atoms with Gasteiger partial charge in [0, 0.05) is 26.8 Å². The molecule has 1 nitrogen and oxygen atoms in total. The van der Waals surface area contributed by atoms with Crippen LogP contribution in [-0.2, 0) is 6.42 Å². The summed E-state index contributed by atoms with van der Waals surface area (Å²) in [6.45, 7) is 0. The summed E-state index contributed by atoms with van der Waals surface area (Å²) in [5, 5.41) is 4.05. The molecule has 0 fully saturated rings. The second-order valence-corrected chi connectivity index (χ2v) is 7.11. The van der Waals surface area contributed by atoms with Gasteiger partial charge < -0.3 is 5.32 Å². The van der Waals surface area contributed by atoms with Crippen molar-refractivity contribution in [3.63, 3.8) is 0 Å². The quantitative estimate of drug-likeness (QED) is 0.773. The van der Waals surface area contributed by atoms with Gasteiger partial charge in [-0.25, -0.2) is 0 Å². The number of benzene rings is 1. The maximum atomic E-state index is 6.08. The molecule has 96 valence electrons. The molecule has 0 saturated heterocycles. The third-order valence-electron chi connectivity index (χ3n) is 2.67. The summed E-state index contributed by atoms with van der Waals surface area (Å²) in [6.07, 6.45) is 0.903. The zero-order valence-corrected chi connectivity index (χ0v) is 13.6. The van der Waals surface area contributed by atoms with Crippen LogP contribution in [0.1, 0.15) is 16.5 Å². The van der Waals surface area contributed by atoms with E-state index >= 15 is 0 Å². The lowest BCUT2D eigenvalue weighted by atomic mass is 10.0. The number of halogens is 3. The van der Waals surface area contributed by atoms with Gasteiger partial charge in [-0.1, -0.05) is 39.1 Å². The predicted octanol–water partition coefficient (Wildman–Crippen LogP) is 5.32. The maximum Gasteiger partial charge on any atom is 0.0931 e. The molecule has 0 amide bonds. The molecule has 0 spiro atoms. The van der Waals surface area contributed by atoms with Crippen LogP contribution < -0.4 is 5.32 Å². The minimum absolute atomic E-state index is 0.231. The Hall–Kier alpha value is -0.0600. The van der Waals surface area contributed by atoms with E-state index in [0.717, 1.165) is 20.3 Å². The molecule has 0 bridgehead atoms. The standard InChI is InChI=1S/C13H12BrCl2NS/c1-17-12(7-11-2-3-13(16)18-11)8-4-9(14)6-10(15)5-8/h2-6,12,17H,7H2,1H3. The Bertz CT molecular complexity index is 521. The fourth-order valence-electron chi connectivity index (χ4n) is 1.83. The summed E-state index contributed by atoms with van der Waals surface area (Å²) in [5.74, 6) is 0. The Morgan fingerprint density at radius 3 is 2.61 bits per heavy atom. The molecular weight excluding hydrogens is 353 g/mol. The van der Waals surface area contributed by atoms with Gasteiger partial charge in [-0.05, 0) is 42.9 Å². The molecule has 1 N–H and O–H groups in total. The highest BCUT2D eigenvalue weighted by Gasteiger charge is 2.12. The molecule has 1 aromatic heterocycles. The molecule has 2 aromatic rings. The van der Waals surface area contributed by atoms with Crippen molar-refractivity contribution >= 4 is 50.5 Å². The van der Waals surface area contributed by atoms with Gasteiger partial charge in [-0.15, -0.1) is 11.3 Å². The Labute approximate surface area is 129 Å². The highest BCUT2D eigenvalue weighted by Crippen LogP contribution is 2.29. The van der Waals surface area contributed by atoms with E-state index in [2.05, 4.69) is 33.4 Å². The Morgan fingerprint density at radius 1 is 1.28 bits per heavy atom. The van der Waals surface area contributed by atoms with Gasteiger partial charge in [0.25, 0.3) is 0 Å². The summed E-state index contributed by atoms with van der Waals surface area (Å²) < 4.78 is 1.82. The van der Waals surface area contributed by atoms with E-state index in [-0.39, 0.29) is 6.04 Å². The van der Waals surface area contributed by atoms with Crippen LogP contribution in [0.4, 0.5) is 0 Å². The molecule has 0 saturated carbocycles. The summed E-state index contributed by atoms with van der Waals surface area (Å²) >= 11 is 17.1. The largest absolute Gasteiger partial charge is 0.313 e. The van der Waals surface area contributed by atoms with E-state index in [9.17, 15) is 0 Å². The van der Waals surface area contributed by atoms with Crippen molar-refractivity contribution in [1.82, 2.24) is 5.32 Å². The molecule has 0 aliphatic rings. The number of rotatable bonds is 4. The molecule has 0 aliphatic carbocycles. The van der Waals surface area contributed by atoms with Crippen molar-refractivity contribution in [2.75, 3.05) is 7.05 Å². The lowest BCUT2D eigenvalue weighted by molar-refractivity contribution is 0.596. The zero-order valence-electron chi connectivity index (χ0n) is 9.71. The van der Waals surface area contributed by atoms with Crippen LogP contribution in [0, 0.1) is 0 Å². The van der Waals surface area contributed by atoms with Crippen LogP contribution in [0.25, 0.3) is 0 Å². The van der Waals surface area contributed by atoms with E-state index in [4.69, 9.17) is 23.2 Å². The zero-order chi connectivity index (χ0) is 13.1. The van der Waals surface area contributed by atoms with E-state index in [1.54, 1.807) is 11.3 Å². The van der Waals surface area contributed by atoms with Gasteiger partial charge >= 0.3 is 0 Å². The summed E-state index contributed by atoms with van der Waals surface area (Å²) in [4.78, 5) is 1.26. The van der Waals surface area contributed by atoms with E-state index in [1.807, 2.05) is 25.2 Å². The van der Waals surface area contributed by atoms with Crippen molar-refractivity contribution in [2.45, 2.75) is 12.5 Å². The molecule has 1 aromatic carbocycles. The number of hydrogen-bond acceptors (Lipinski definition) is 2. The van der Waals surface area contributed by atoms with Crippen molar-refractivity contribution in [1.29, 1.82) is 0 Å². The molecule has 2 rings (SSSR count). The number of thiophene rings is 1. The van der Waals surface area contributed by atoms with E-state index in [1.165, 1.54) is 10.4 Å². The van der Waals surface area contributed by atoms with Crippen LogP contribution in [-0.4, -0.2) is 7.05 Å². The van der Waals surface area contributed by atoms with Crippen molar-refractivity contribution in [3.05, 3.63) is 54.6 Å². The second-order valence-electron chi connectivity index (χ2n) is 3.95. The van der Waals surface area contributed by atoms with Crippen molar-refractivity contribution < 1.29 is 0 Å². The first-order valence-corrected chi connectivity index (χ1v) is 7.82. The molecule has 5 heteroatoms. The van der Waals surface area contributed by atoms with Crippen LogP contribution in [0.15, 0.2) is 34.8 Å². The summed E-state index contributed by atoms with van der Waals surface area (Å²) in [5.41, 5.74) is 1.17. The van der Waals surface area contributed by atoms with Gasteiger partial charge in [-0.3, -0.25) is 0 Å². The lowest BCUT2D eigenvalue weighted by Gasteiger charge is -2.16. The molecule has 18 heavy (non-hydrogen) atoms. The minimum Gasteiger partial charge on any atom is -0.313 e. The van der Waals surface area contributed by atoms with Gasteiger partial charge in [-0.2, -0.15) is 0 Å². The Kier molecular flexibility index (Phi) is 5.10. The van der Waals surface area contributed by atoms with Crippen LogP contribution in [0.2, 0.25) is 9.36 Å². The van der Waals surface area contributed by atoms with Crippen LogP contribution in [0.5, 0.6) is 0 Å². The van der Waals surface area contributed by atoms with Crippen LogP contribution >= 0.6 is 50.5 Å². The molecule has 1 atom stereocenters. The molecular formula is C13H12BrCl2NS. The van der Waals surface area contributed by atoms with Crippen molar-refractivity contribution in [3.8, 4) is 0 Å². The van der Waals surface area contributed by atoms with E-state index < -0.39 is 0 Å². The lowest BCUT2D eigenvalue weighted by Crippen LogP contribution is -2.18. The fourth-order valence-corrected chi connectivity index (χ4v) is 3.84. The highest BCUT2D eigenvalue weighted by atomic mass is 79.9. The monoisotopic (exact) mass is 363 g/mol. The molecule has 0 radical (unpaired) electrons. The molecule has 1 unspecified atom stereocenters. The van der Waals surface area contributed by atoms with E-state index in [0.29, 0.717) is 0 Å². The summed E-state index contributed by atoms with van der Waals surface area (Å²) in [6, 6.07) is 10.2. The average molecular weight is 365 g/mol. The van der Waals surface area contributed by atoms with Gasteiger partial charge in [0.2, 0.25) is 0 Å². The van der Waals surface area contributed by atoms with Gasteiger partial charge in [0.1, 0.15) is 0 Å². The first kappa shape index (κ1) is 14.4. The number of nitrogens with one attached hydrogen (secondary N) is 1. The van der Waals surface area contributed by atoms with Crippen molar-refractivity contribution in [2.24, 2.45) is 0 Å². The number of hydrogen-bond donors (Lipinski definition) is 1. The third kappa shape index (κ3) is 3.72. The second kappa shape index (κ2) is 6.40. The Balaban J connectivity index is 2.22. The fraction of sp³-hybridized carbons (Fsp3) is 0.231. The SMILES string of the molecule is CNC(Cc1ccc(Cl)s1)c1cc(Cl)cc(Br)c1. The van der Waals surface area contributed by atoms with Gasteiger partial charge in [0.15, 0.2) is 0 Å². The normalized spacial score (nSPS) is 12.7. The highest BCUT2D eigenvalue weighted by molar-refractivity contribution is 9.10. The summed E-state index contributed by atoms with van der Waals surface area (Å²) in [7, 11) is 1.95. The maximum absolute atomic E-state index is 6.08. The number of likely N-dealkylation sites (N-methyl/N-ethyl adjacent to an activating group) is 1. The average Bonchev–Trinajstić information content (AvgIpc) is 2.70. The molecule has 0 aliphatic heterocycles. The first-order chi connectivity index (χ1) is 8.58. The Morgan fingerprint density at radius 2 is 2.06 bits per heavy atom. The predicted molar refractivity (Wildman–Crippen MR) is 84.0 cm³/mol. The smallest absolute Gasteiger partial charge is 0.0931 e. The minimum atomic E-state index is 0.231. The van der Waals surface area contributed by atoms with Gasteiger partial charge in [0.05, 0.1) is 4.34 Å². The first-order valence-electron chi connectivity index (χ1n) is 5.46. The van der Waals surface area contributed by atoms with Crippen LogP contribution in [0.3, 0.4) is 0 Å². The topological polar surface area (TPSA) is 12.0 Å². The molecule has 1 heterocycles. The third-order valence-corrected chi connectivity index (χ3v) is 4.60.